The maximum Gasteiger partial charge on any atom is 0.265 e. The third-order valence-electron chi connectivity index (χ3n) is 1.09. The molecule has 0 atom stereocenters. The maximum atomic E-state index is 5.87. The van der Waals surface area contributed by atoms with Gasteiger partial charge in [-0.25, -0.2) is 0 Å². The highest BCUT2D eigenvalue weighted by Crippen LogP contribution is 2.23. The van der Waals surface area contributed by atoms with Gasteiger partial charge in [0, 0.05) is 5.50 Å². The van der Waals surface area contributed by atoms with E-state index in [0.717, 1.165) is 18.9 Å². The lowest BCUT2D eigenvalue weighted by Crippen LogP contribution is -2.21. The monoisotopic (exact) mass is 204 g/mol. The minimum atomic E-state index is -1.99. The van der Waals surface area contributed by atoms with Crippen LogP contribution in [0.4, 0.5) is 0 Å². The Kier molecular flexibility index (Phi) is 5.42. The number of halogens is 3. The van der Waals surface area contributed by atoms with Crippen LogP contribution in [0, 0.1) is 0 Å². The van der Waals surface area contributed by atoms with E-state index in [4.69, 9.17) is 33.8 Å². The first-order valence-corrected chi connectivity index (χ1v) is 8.03. The summed E-state index contributed by atoms with van der Waals surface area (Å²) in [6, 6.07) is 0.927. The predicted octanol–water partition coefficient (Wildman–Crippen LogP) is 3.48. The van der Waals surface area contributed by atoms with Crippen molar-refractivity contribution in [2.75, 3.05) is 5.50 Å². The van der Waals surface area contributed by atoms with E-state index in [1.807, 2.05) is 0 Å². The van der Waals surface area contributed by atoms with Crippen molar-refractivity contribution in [1.82, 2.24) is 0 Å². The molecular weight excluding hydrogens is 194 g/mol. The molecule has 9 heavy (non-hydrogen) atoms. The highest BCUT2D eigenvalue weighted by atomic mass is 35.7. The molecule has 0 N–H and O–H groups in total. The molecule has 0 aromatic heterocycles. The predicted molar refractivity (Wildman–Crippen MR) is 47.9 cm³/mol. The number of hydrogen-bond donors (Lipinski definition) is 0. The quantitative estimate of drug-likeness (QED) is 0.374. The Bertz CT molecular complexity index is 74.6. The smallest absolute Gasteiger partial charge is 0.145 e. The molecule has 0 heterocycles. The van der Waals surface area contributed by atoms with Crippen LogP contribution >= 0.6 is 33.8 Å². The topological polar surface area (TPSA) is 0 Å². The molecule has 0 aliphatic rings. The summed E-state index contributed by atoms with van der Waals surface area (Å²) in [5.74, 6) is 0. The molecule has 0 saturated heterocycles. The third kappa shape index (κ3) is 5.53. The maximum absolute atomic E-state index is 5.87. The highest BCUT2D eigenvalue weighted by Gasteiger charge is 2.25. The van der Waals surface area contributed by atoms with Crippen molar-refractivity contribution in [1.29, 1.82) is 0 Å². The van der Waals surface area contributed by atoms with Gasteiger partial charge in [-0.15, -0.1) is 33.8 Å². The van der Waals surface area contributed by atoms with Crippen molar-refractivity contribution < 1.29 is 0 Å². The van der Waals surface area contributed by atoms with Crippen molar-refractivity contribution in [3.63, 3.8) is 0 Å². The Balaban J connectivity index is 3.33. The average Bonchev–Trinajstić information content (AvgIpc) is 1.84. The van der Waals surface area contributed by atoms with E-state index in [1.165, 1.54) is 0 Å². The van der Waals surface area contributed by atoms with Crippen molar-refractivity contribution in [2.24, 2.45) is 0 Å². The zero-order valence-electron chi connectivity index (χ0n) is 5.46. The summed E-state index contributed by atoms with van der Waals surface area (Å²) in [4.78, 5) is 0. The van der Waals surface area contributed by atoms with E-state index in [1.54, 1.807) is 0 Å². The van der Waals surface area contributed by atoms with E-state index in [9.17, 15) is 0 Å². The number of rotatable bonds is 4. The zero-order chi connectivity index (χ0) is 7.33. The second-order valence-corrected chi connectivity index (χ2v) is 10.3. The lowest BCUT2D eigenvalue weighted by molar-refractivity contribution is 0.876. The first kappa shape index (κ1) is 10.1. The molecule has 56 valence electrons. The van der Waals surface area contributed by atoms with Gasteiger partial charge in [0.25, 0.3) is 6.69 Å². The molecule has 0 fully saturated rings. The van der Waals surface area contributed by atoms with Gasteiger partial charge >= 0.3 is 0 Å². The second-order valence-electron chi connectivity index (χ2n) is 2.09. The number of unbranched alkanes of at least 4 members (excludes halogenated alkanes) is 1. The fraction of sp³-hybridized carbons (Fsp3) is 1.00. The molecule has 0 unspecified atom stereocenters. The van der Waals surface area contributed by atoms with Gasteiger partial charge in [0.2, 0.25) is 0 Å². The Labute approximate surface area is 71.9 Å². The fourth-order valence-electron chi connectivity index (χ4n) is 0.502. The SMILES string of the molecule is CCCC[Si](Cl)(Cl)CCl. The zero-order valence-corrected chi connectivity index (χ0v) is 8.73. The summed E-state index contributed by atoms with van der Waals surface area (Å²) >= 11 is 17.3. The molecule has 0 aliphatic carbocycles. The van der Waals surface area contributed by atoms with Gasteiger partial charge in [0.05, 0.1) is 0 Å². The van der Waals surface area contributed by atoms with Crippen LogP contribution in [-0.2, 0) is 0 Å². The molecule has 0 radical (unpaired) electrons. The van der Waals surface area contributed by atoms with Crippen LogP contribution in [0.15, 0.2) is 0 Å². The van der Waals surface area contributed by atoms with Gasteiger partial charge in [-0.1, -0.05) is 19.8 Å². The van der Waals surface area contributed by atoms with E-state index in [-0.39, 0.29) is 0 Å². The normalized spacial score (nSPS) is 12.0. The third-order valence-corrected chi connectivity index (χ3v) is 6.69. The van der Waals surface area contributed by atoms with E-state index < -0.39 is 6.69 Å². The van der Waals surface area contributed by atoms with Crippen LogP contribution in [0.1, 0.15) is 19.8 Å². The molecule has 0 amide bonds. The fourth-order valence-corrected chi connectivity index (χ4v) is 2.71. The van der Waals surface area contributed by atoms with Crippen LogP contribution in [0.25, 0.3) is 0 Å². The van der Waals surface area contributed by atoms with Gasteiger partial charge in [-0.3, -0.25) is 0 Å². The van der Waals surface area contributed by atoms with Crippen LogP contribution < -0.4 is 0 Å². The minimum Gasteiger partial charge on any atom is -0.145 e. The largest absolute Gasteiger partial charge is 0.265 e. The Morgan fingerprint density at radius 1 is 1.33 bits per heavy atom. The van der Waals surface area contributed by atoms with Crippen molar-refractivity contribution in [3.8, 4) is 0 Å². The highest BCUT2D eigenvalue weighted by molar-refractivity contribution is 7.46. The molecule has 0 aromatic rings. The van der Waals surface area contributed by atoms with E-state index >= 15 is 0 Å². The van der Waals surface area contributed by atoms with Crippen LogP contribution in [0.3, 0.4) is 0 Å². The molecule has 0 bridgehead atoms. The first-order chi connectivity index (χ1) is 4.12. The lowest BCUT2D eigenvalue weighted by atomic mass is 10.4. The molecular formula is C5H11Cl3Si. The Morgan fingerprint density at radius 3 is 2.22 bits per heavy atom. The minimum absolute atomic E-state index is 0.454. The van der Waals surface area contributed by atoms with Gasteiger partial charge in [0.1, 0.15) is 0 Å². The van der Waals surface area contributed by atoms with Gasteiger partial charge in [0.15, 0.2) is 0 Å². The molecule has 0 nitrogen and oxygen atoms in total. The van der Waals surface area contributed by atoms with Crippen molar-refractivity contribution in [3.05, 3.63) is 0 Å². The summed E-state index contributed by atoms with van der Waals surface area (Å²) in [6.45, 7) is 0.129. The van der Waals surface area contributed by atoms with Crippen molar-refractivity contribution >= 4 is 40.5 Å². The molecule has 0 spiro atoms. The summed E-state index contributed by atoms with van der Waals surface area (Å²) in [7, 11) is 0. The molecule has 0 aliphatic heterocycles. The first-order valence-electron chi connectivity index (χ1n) is 3.06. The Morgan fingerprint density at radius 2 is 1.89 bits per heavy atom. The molecule has 0 rings (SSSR count). The number of alkyl halides is 1. The van der Waals surface area contributed by atoms with Crippen LogP contribution in [-0.4, -0.2) is 12.2 Å². The lowest BCUT2D eigenvalue weighted by Gasteiger charge is -2.10. The van der Waals surface area contributed by atoms with Crippen LogP contribution in [0.2, 0.25) is 6.04 Å². The summed E-state index contributed by atoms with van der Waals surface area (Å²) in [5.41, 5.74) is 0.454. The summed E-state index contributed by atoms with van der Waals surface area (Å²) in [5, 5.41) is 0. The van der Waals surface area contributed by atoms with Crippen LogP contribution in [0.5, 0.6) is 0 Å². The van der Waals surface area contributed by atoms with Crippen molar-refractivity contribution in [2.45, 2.75) is 25.8 Å². The molecule has 4 heteroatoms. The molecule has 0 aromatic carbocycles. The second kappa shape index (κ2) is 4.83. The summed E-state index contributed by atoms with van der Waals surface area (Å²) in [6.07, 6.45) is 2.25. The van der Waals surface area contributed by atoms with E-state index in [2.05, 4.69) is 6.92 Å². The van der Waals surface area contributed by atoms with E-state index in [0.29, 0.717) is 5.50 Å². The average molecular weight is 206 g/mol. The standard InChI is InChI=1S/C5H11Cl3Si/c1-2-3-4-9(7,8)5-6/h2-5H2,1H3. The number of hydrogen-bond acceptors (Lipinski definition) is 0. The van der Waals surface area contributed by atoms with Gasteiger partial charge < -0.3 is 0 Å². The molecule has 0 saturated carbocycles. The summed E-state index contributed by atoms with van der Waals surface area (Å²) < 4.78 is 0. The van der Waals surface area contributed by atoms with Gasteiger partial charge in [-0.05, 0) is 6.04 Å². The Hall–Kier alpha value is 1.09. The van der Waals surface area contributed by atoms with Gasteiger partial charge in [-0.2, -0.15) is 0 Å².